The second-order valence-electron chi connectivity index (χ2n) is 3.88. The lowest BCUT2D eigenvalue weighted by Crippen LogP contribution is -1.96. The van der Waals surface area contributed by atoms with E-state index in [1.807, 2.05) is 30.3 Å². The number of allylic oxidation sites excluding steroid dienone is 2. The molecule has 1 heterocycles. The molecule has 0 spiro atoms. The summed E-state index contributed by atoms with van der Waals surface area (Å²) in [6.07, 6.45) is 6.18. The van der Waals surface area contributed by atoms with E-state index in [1.54, 1.807) is 0 Å². The molecule has 2 N–H and O–H groups in total. The Bertz CT molecular complexity index is 541. The van der Waals surface area contributed by atoms with Crippen molar-refractivity contribution in [2.45, 2.75) is 6.92 Å². The minimum atomic E-state index is -0.277. The SMILES string of the molecule is CC1=CC=CN(C)I=C1N=Nc1ccc(N)cc1. The number of nitrogens with two attached hydrogens (primary N) is 1. The molecule has 0 aliphatic carbocycles. The van der Waals surface area contributed by atoms with Gasteiger partial charge in [0.05, 0.1) is 5.69 Å². The molecule has 0 amide bonds. The van der Waals surface area contributed by atoms with Crippen molar-refractivity contribution in [3.05, 3.63) is 48.2 Å². The summed E-state index contributed by atoms with van der Waals surface area (Å²) in [6.45, 7) is 2.07. The van der Waals surface area contributed by atoms with Gasteiger partial charge in [-0.1, -0.05) is 6.08 Å². The maximum Gasteiger partial charge on any atom is 0.137 e. The Morgan fingerprint density at radius 2 is 1.89 bits per heavy atom. The summed E-state index contributed by atoms with van der Waals surface area (Å²) in [5.74, 6) is 0. The molecule has 0 unspecified atom stereocenters. The van der Waals surface area contributed by atoms with Gasteiger partial charge in [0.2, 0.25) is 0 Å². The van der Waals surface area contributed by atoms with Crippen LogP contribution in [0.5, 0.6) is 0 Å². The van der Waals surface area contributed by atoms with Crippen molar-refractivity contribution in [1.82, 2.24) is 3.11 Å². The summed E-state index contributed by atoms with van der Waals surface area (Å²) < 4.78 is 3.27. The molecule has 0 radical (unpaired) electrons. The summed E-state index contributed by atoms with van der Waals surface area (Å²) in [6, 6.07) is 7.40. The number of nitrogens with zero attached hydrogens (tertiary/aromatic N) is 3. The van der Waals surface area contributed by atoms with Crippen molar-refractivity contribution in [2.75, 3.05) is 12.8 Å². The third-order valence-electron chi connectivity index (χ3n) is 2.32. The van der Waals surface area contributed by atoms with Gasteiger partial charge in [0.1, 0.15) is 3.63 Å². The quantitative estimate of drug-likeness (QED) is 0.380. The van der Waals surface area contributed by atoms with Gasteiger partial charge in [-0.15, -0.1) is 5.11 Å². The lowest BCUT2D eigenvalue weighted by atomic mass is 10.3. The first-order chi connectivity index (χ1) is 8.65. The molecule has 0 saturated carbocycles. The molecule has 1 aromatic carbocycles. The molecule has 0 fully saturated rings. The molecular formula is C13H15IN4. The summed E-state index contributed by atoms with van der Waals surface area (Å²) >= 11 is -0.277. The van der Waals surface area contributed by atoms with Crippen LogP contribution >= 0.6 is 21.0 Å². The van der Waals surface area contributed by atoms with E-state index in [1.165, 1.54) is 5.57 Å². The standard InChI is InChI=1S/C13H15IN4/c1-10-4-3-9-18(2)14-13(10)17-16-12-7-5-11(15)6-8-12/h3-9H,15H2,1-2H3. The fraction of sp³-hybridized carbons (Fsp3) is 0.154. The number of hydrogen-bond acceptors (Lipinski definition) is 4. The van der Waals surface area contributed by atoms with Gasteiger partial charge in [0, 0.05) is 39.9 Å². The van der Waals surface area contributed by atoms with Crippen molar-refractivity contribution in [1.29, 1.82) is 0 Å². The summed E-state index contributed by atoms with van der Waals surface area (Å²) in [5, 5.41) is 8.64. The molecule has 1 aliphatic rings. The maximum atomic E-state index is 5.63. The normalized spacial score (nSPS) is 16.0. The summed E-state index contributed by atoms with van der Waals surface area (Å²) in [4.78, 5) is 0. The molecule has 5 heteroatoms. The van der Waals surface area contributed by atoms with Gasteiger partial charge in [0.25, 0.3) is 0 Å². The zero-order valence-electron chi connectivity index (χ0n) is 10.3. The predicted octanol–water partition coefficient (Wildman–Crippen LogP) is 3.77. The first-order valence-corrected chi connectivity index (χ1v) is 7.57. The number of anilines is 1. The molecule has 0 aromatic heterocycles. The van der Waals surface area contributed by atoms with Gasteiger partial charge < -0.3 is 8.85 Å². The molecule has 94 valence electrons. The lowest BCUT2D eigenvalue weighted by molar-refractivity contribution is 0.835. The van der Waals surface area contributed by atoms with E-state index >= 15 is 0 Å². The maximum absolute atomic E-state index is 5.63. The zero-order valence-corrected chi connectivity index (χ0v) is 12.5. The number of hydrogen-bond donors (Lipinski definition) is 1. The van der Waals surface area contributed by atoms with Crippen molar-refractivity contribution >= 4 is 36.0 Å². The fourth-order valence-corrected chi connectivity index (χ4v) is 3.17. The van der Waals surface area contributed by atoms with Crippen LogP contribution in [0, 0.1) is 0 Å². The zero-order chi connectivity index (χ0) is 13.0. The number of halogens is 1. The second-order valence-corrected chi connectivity index (χ2v) is 6.91. The minimum Gasteiger partial charge on any atom is -0.399 e. The Hall–Kier alpha value is -1.50. The molecule has 1 aromatic rings. The predicted molar refractivity (Wildman–Crippen MR) is 85.1 cm³/mol. The average molecular weight is 354 g/mol. The largest absolute Gasteiger partial charge is 0.399 e. The first kappa shape index (κ1) is 12.9. The highest BCUT2D eigenvalue weighted by molar-refractivity contribution is 14.2. The number of benzene rings is 1. The molecule has 0 saturated heterocycles. The highest BCUT2D eigenvalue weighted by atomic mass is 127. The summed E-state index contributed by atoms with van der Waals surface area (Å²) in [7, 11) is 2.06. The van der Waals surface area contributed by atoms with Crippen LogP contribution in [-0.2, 0) is 0 Å². The molecule has 4 nitrogen and oxygen atoms in total. The van der Waals surface area contributed by atoms with E-state index in [0.717, 1.165) is 15.0 Å². The van der Waals surface area contributed by atoms with Gasteiger partial charge in [-0.2, -0.15) is 5.11 Å². The van der Waals surface area contributed by atoms with Crippen LogP contribution in [0.2, 0.25) is 0 Å². The lowest BCUT2D eigenvalue weighted by Gasteiger charge is -2.05. The number of nitrogen functional groups attached to an aromatic ring is 1. The van der Waals surface area contributed by atoms with E-state index in [2.05, 4.69) is 39.6 Å². The van der Waals surface area contributed by atoms with Gasteiger partial charge in [-0.3, -0.25) is 0 Å². The van der Waals surface area contributed by atoms with E-state index < -0.39 is 0 Å². The Morgan fingerprint density at radius 3 is 2.61 bits per heavy atom. The van der Waals surface area contributed by atoms with Crippen molar-refractivity contribution in [3.8, 4) is 0 Å². The van der Waals surface area contributed by atoms with E-state index in [9.17, 15) is 0 Å². The second kappa shape index (κ2) is 5.90. The molecule has 2 rings (SSSR count). The van der Waals surface area contributed by atoms with Crippen LogP contribution in [0.25, 0.3) is 0 Å². The van der Waals surface area contributed by atoms with E-state index in [-0.39, 0.29) is 21.0 Å². The molecule has 0 bridgehead atoms. The Labute approximate surface area is 117 Å². The van der Waals surface area contributed by atoms with Crippen LogP contribution in [0.15, 0.2) is 58.4 Å². The van der Waals surface area contributed by atoms with Crippen molar-refractivity contribution < 1.29 is 0 Å². The summed E-state index contributed by atoms with van der Waals surface area (Å²) in [5.41, 5.74) is 8.38. The van der Waals surface area contributed by atoms with Gasteiger partial charge in [-0.05, 0) is 42.8 Å². The minimum absolute atomic E-state index is 0.277. The molecule has 0 atom stereocenters. The Morgan fingerprint density at radius 1 is 1.17 bits per heavy atom. The van der Waals surface area contributed by atoms with Crippen LogP contribution < -0.4 is 5.73 Å². The first-order valence-electron chi connectivity index (χ1n) is 5.53. The smallest absolute Gasteiger partial charge is 0.137 e. The highest BCUT2D eigenvalue weighted by Crippen LogP contribution is 2.20. The average Bonchev–Trinajstić information content (AvgIpc) is 2.51. The van der Waals surface area contributed by atoms with E-state index in [0.29, 0.717) is 0 Å². The third kappa shape index (κ3) is 3.49. The van der Waals surface area contributed by atoms with Crippen LogP contribution in [-0.4, -0.2) is 13.8 Å². The molecule has 18 heavy (non-hydrogen) atoms. The molecular weight excluding hydrogens is 339 g/mol. The highest BCUT2D eigenvalue weighted by Gasteiger charge is 2.03. The molecule has 1 aliphatic heterocycles. The van der Waals surface area contributed by atoms with Crippen molar-refractivity contribution in [3.63, 3.8) is 0 Å². The topological polar surface area (TPSA) is 54.0 Å². The third-order valence-corrected chi connectivity index (χ3v) is 4.93. The Balaban J connectivity index is 2.20. The van der Waals surface area contributed by atoms with Gasteiger partial charge in [-0.25, -0.2) is 0 Å². The van der Waals surface area contributed by atoms with Gasteiger partial charge in [0.15, 0.2) is 0 Å². The number of azo groups is 1. The van der Waals surface area contributed by atoms with Crippen LogP contribution in [0.1, 0.15) is 6.92 Å². The van der Waals surface area contributed by atoms with Crippen molar-refractivity contribution in [2.24, 2.45) is 10.2 Å². The van der Waals surface area contributed by atoms with Crippen LogP contribution in [0.4, 0.5) is 11.4 Å². The monoisotopic (exact) mass is 354 g/mol. The fourth-order valence-electron chi connectivity index (χ4n) is 1.33. The number of rotatable bonds is 2. The van der Waals surface area contributed by atoms with Crippen LogP contribution in [0.3, 0.4) is 0 Å². The van der Waals surface area contributed by atoms with E-state index in [4.69, 9.17) is 5.73 Å². The Kier molecular flexibility index (Phi) is 4.24. The van der Waals surface area contributed by atoms with Gasteiger partial charge >= 0.3 is 0 Å².